The van der Waals surface area contributed by atoms with E-state index in [4.69, 9.17) is 10.5 Å². The van der Waals surface area contributed by atoms with E-state index in [0.717, 1.165) is 0 Å². The summed E-state index contributed by atoms with van der Waals surface area (Å²) >= 11 is 3.29. The molecule has 2 rings (SSSR count). The number of hydrogen-bond acceptors (Lipinski definition) is 3. The van der Waals surface area contributed by atoms with Crippen molar-refractivity contribution in [1.82, 2.24) is 0 Å². The second kappa shape index (κ2) is 5.92. The van der Waals surface area contributed by atoms with Gasteiger partial charge in [0.1, 0.15) is 17.1 Å². The molecule has 1 amide bonds. The maximum Gasteiger partial charge on any atom is 0.262 e. The number of nitrogens with two attached hydrogens (primary N) is 1. The van der Waals surface area contributed by atoms with Gasteiger partial charge in [-0.15, -0.1) is 0 Å². The Balaban J connectivity index is 2.36. The van der Waals surface area contributed by atoms with Gasteiger partial charge in [0.15, 0.2) is 0 Å². The Hall–Kier alpha value is -2.08. The van der Waals surface area contributed by atoms with E-state index in [1.54, 1.807) is 18.2 Å². The van der Waals surface area contributed by atoms with Crippen molar-refractivity contribution in [3.8, 4) is 5.75 Å². The van der Waals surface area contributed by atoms with Crippen molar-refractivity contribution in [3.05, 3.63) is 52.3 Å². The van der Waals surface area contributed by atoms with Crippen LogP contribution >= 0.6 is 15.9 Å². The average molecular weight is 339 g/mol. The number of nitrogens with one attached hydrogen (secondary N) is 1. The summed E-state index contributed by atoms with van der Waals surface area (Å²) < 4.78 is 19.4. The third kappa shape index (κ3) is 2.91. The molecule has 0 spiro atoms. The van der Waals surface area contributed by atoms with Gasteiger partial charge in [0.05, 0.1) is 12.8 Å². The molecule has 0 aliphatic carbocycles. The zero-order chi connectivity index (χ0) is 14.7. The summed E-state index contributed by atoms with van der Waals surface area (Å²) in [7, 11) is 1.38. The van der Waals surface area contributed by atoms with E-state index in [1.165, 1.54) is 25.3 Å². The van der Waals surface area contributed by atoms with Crippen molar-refractivity contribution in [2.24, 2.45) is 0 Å². The maximum absolute atomic E-state index is 13.8. The lowest BCUT2D eigenvalue weighted by molar-refractivity contribution is 0.102. The van der Waals surface area contributed by atoms with Gasteiger partial charge in [-0.05, 0) is 46.3 Å². The zero-order valence-electron chi connectivity index (χ0n) is 10.6. The highest BCUT2D eigenvalue weighted by molar-refractivity contribution is 9.10. The molecule has 6 heteroatoms. The molecule has 0 radical (unpaired) electrons. The molecule has 2 aromatic carbocycles. The first-order chi connectivity index (χ1) is 9.52. The fourth-order valence-electron chi connectivity index (χ4n) is 1.72. The molecular formula is C14H12BrFN2O2. The summed E-state index contributed by atoms with van der Waals surface area (Å²) in [6, 6.07) is 9.15. The van der Waals surface area contributed by atoms with Crippen molar-refractivity contribution < 1.29 is 13.9 Å². The Morgan fingerprint density at radius 3 is 2.80 bits per heavy atom. The number of anilines is 2. The van der Waals surface area contributed by atoms with Crippen LogP contribution in [0.25, 0.3) is 0 Å². The summed E-state index contributed by atoms with van der Waals surface area (Å²) in [5, 5.41) is 2.60. The van der Waals surface area contributed by atoms with Crippen LogP contribution in [0.4, 0.5) is 15.8 Å². The van der Waals surface area contributed by atoms with Crippen molar-refractivity contribution in [1.29, 1.82) is 0 Å². The van der Waals surface area contributed by atoms with Gasteiger partial charge in [-0.1, -0.05) is 6.07 Å². The van der Waals surface area contributed by atoms with Crippen molar-refractivity contribution in [3.63, 3.8) is 0 Å². The standard InChI is InChI=1S/C14H12BrFN2O2/c1-20-12-4-2-3-10(16)13(12)14(19)18-11-7-8(17)5-6-9(11)15/h2-7H,17H2,1H3,(H,18,19). The summed E-state index contributed by atoms with van der Waals surface area (Å²) in [6.45, 7) is 0. The molecule has 0 aliphatic rings. The molecule has 20 heavy (non-hydrogen) atoms. The quantitative estimate of drug-likeness (QED) is 0.842. The van der Waals surface area contributed by atoms with E-state index in [9.17, 15) is 9.18 Å². The van der Waals surface area contributed by atoms with Gasteiger partial charge in [-0.25, -0.2) is 4.39 Å². The minimum Gasteiger partial charge on any atom is -0.496 e. The topological polar surface area (TPSA) is 64.3 Å². The smallest absolute Gasteiger partial charge is 0.262 e. The summed E-state index contributed by atoms with van der Waals surface area (Å²) in [4.78, 5) is 12.2. The number of ether oxygens (including phenoxy) is 1. The second-order valence-corrected chi connectivity index (χ2v) is 4.86. The van der Waals surface area contributed by atoms with Crippen LogP contribution in [-0.4, -0.2) is 13.0 Å². The van der Waals surface area contributed by atoms with Crippen LogP contribution in [0.2, 0.25) is 0 Å². The fourth-order valence-corrected chi connectivity index (χ4v) is 2.06. The van der Waals surface area contributed by atoms with Crippen LogP contribution in [0, 0.1) is 5.82 Å². The van der Waals surface area contributed by atoms with E-state index < -0.39 is 11.7 Å². The number of carbonyl (C=O) groups excluding carboxylic acids is 1. The van der Waals surface area contributed by atoms with E-state index in [0.29, 0.717) is 15.8 Å². The number of halogens is 2. The van der Waals surface area contributed by atoms with Gasteiger partial charge in [0.2, 0.25) is 0 Å². The molecule has 0 fully saturated rings. The highest BCUT2D eigenvalue weighted by Crippen LogP contribution is 2.27. The molecule has 4 nitrogen and oxygen atoms in total. The predicted octanol–water partition coefficient (Wildman–Crippen LogP) is 3.43. The van der Waals surface area contributed by atoms with Gasteiger partial charge >= 0.3 is 0 Å². The molecule has 104 valence electrons. The first-order valence-corrected chi connectivity index (χ1v) is 6.51. The minimum absolute atomic E-state index is 0.149. The molecular weight excluding hydrogens is 327 g/mol. The number of methoxy groups -OCH3 is 1. The highest BCUT2D eigenvalue weighted by Gasteiger charge is 2.18. The van der Waals surface area contributed by atoms with Crippen molar-refractivity contribution in [2.45, 2.75) is 0 Å². The lowest BCUT2D eigenvalue weighted by atomic mass is 10.1. The predicted molar refractivity (Wildman–Crippen MR) is 79.5 cm³/mol. The Morgan fingerprint density at radius 2 is 2.10 bits per heavy atom. The Morgan fingerprint density at radius 1 is 1.35 bits per heavy atom. The van der Waals surface area contributed by atoms with Crippen molar-refractivity contribution >= 4 is 33.2 Å². The normalized spacial score (nSPS) is 10.2. The third-order valence-corrected chi connectivity index (χ3v) is 3.35. The molecule has 0 bridgehead atoms. The van der Waals surface area contributed by atoms with Crippen LogP contribution in [-0.2, 0) is 0 Å². The van der Waals surface area contributed by atoms with Gasteiger partial charge in [-0.3, -0.25) is 4.79 Å². The zero-order valence-corrected chi connectivity index (χ0v) is 12.2. The Kier molecular flexibility index (Phi) is 4.24. The number of benzene rings is 2. The number of nitrogen functional groups attached to an aromatic ring is 1. The molecule has 0 saturated carbocycles. The highest BCUT2D eigenvalue weighted by atomic mass is 79.9. The number of hydrogen-bond donors (Lipinski definition) is 2. The van der Waals surface area contributed by atoms with Crippen LogP contribution in [0.3, 0.4) is 0 Å². The van der Waals surface area contributed by atoms with Crippen LogP contribution < -0.4 is 15.8 Å². The van der Waals surface area contributed by atoms with Gasteiger partial charge < -0.3 is 15.8 Å². The lowest BCUT2D eigenvalue weighted by Gasteiger charge is -2.11. The molecule has 0 unspecified atom stereocenters. The average Bonchev–Trinajstić information content (AvgIpc) is 2.42. The van der Waals surface area contributed by atoms with E-state index in [1.807, 2.05) is 0 Å². The first-order valence-electron chi connectivity index (χ1n) is 5.72. The summed E-state index contributed by atoms with van der Waals surface area (Å²) in [5.41, 5.74) is 6.46. The first kappa shape index (κ1) is 14.3. The summed E-state index contributed by atoms with van der Waals surface area (Å²) in [5.74, 6) is -1.09. The minimum atomic E-state index is -0.651. The van der Waals surface area contributed by atoms with Crippen LogP contribution in [0.15, 0.2) is 40.9 Å². The fraction of sp³-hybridized carbons (Fsp3) is 0.0714. The summed E-state index contributed by atoms with van der Waals surface area (Å²) in [6.07, 6.45) is 0. The largest absolute Gasteiger partial charge is 0.496 e. The molecule has 2 aromatic rings. The molecule has 0 saturated heterocycles. The molecule has 0 aromatic heterocycles. The van der Waals surface area contributed by atoms with Crippen LogP contribution in [0.1, 0.15) is 10.4 Å². The maximum atomic E-state index is 13.8. The Bertz CT molecular complexity index is 662. The molecule has 0 aliphatic heterocycles. The van der Waals surface area contributed by atoms with Gasteiger partial charge in [-0.2, -0.15) is 0 Å². The third-order valence-electron chi connectivity index (χ3n) is 2.66. The van der Waals surface area contributed by atoms with E-state index >= 15 is 0 Å². The molecule has 0 atom stereocenters. The second-order valence-electron chi connectivity index (χ2n) is 4.01. The van der Waals surface area contributed by atoms with Crippen LogP contribution in [0.5, 0.6) is 5.75 Å². The monoisotopic (exact) mass is 338 g/mol. The van der Waals surface area contributed by atoms with E-state index in [-0.39, 0.29) is 11.3 Å². The molecule has 3 N–H and O–H groups in total. The lowest BCUT2D eigenvalue weighted by Crippen LogP contribution is -2.15. The number of amides is 1. The Labute approximate surface area is 123 Å². The van der Waals surface area contributed by atoms with Gasteiger partial charge in [0.25, 0.3) is 5.91 Å². The molecule has 0 heterocycles. The number of carbonyl (C=O) groups is 1. The number of rotatable bonds is 3. The SMILES string of the molecule is COc1cccc(F)c1C(=O)Nc1cc(N)ccc1Br. The van der Waals surface area contributed by atoms with Gasteiger partial charge in [0, 0.05) is 10.2 Å². The van der Waals surface area contributed by atoms with Crippen molar-refractivity contribution in [2.75, 3.05) is 18.2 Å². The van der Waals surface area contributed by atoms with E-state index in [2.05, 4.69) is 21.2 Å².